The Bertz CT molecular complexity index is 2190. The third-order valence-electron chi connectivity index (χ3n) is 32.3. The molecule has 0 spiro atoms. The molecule has 0 aromatic heterocycles. The molecular formula is C86H150Cl2O2Si2Zr2. The van der Waals surface area contributed by atoms with Crippen LogP contribution in [0.5, 0.6) is 0 Å². The Morgan fingerprint density at radius 3 is 0.574 bits per heavy atom. The molecule has 36 unspecified atom stereocenters. The minimum Gasteiger partial charge on any atom is 4.00 e. The van der Waals surface area contributed by atoms with Crippen molar-refractivity contribution in [2.45, 2.75) is 240 Å². The summed E-state index contributed by atoms with van der Waals surface area (Å²) in [6.07, 6.45) is 9.19. The number of hydrogen-bond acceptors (Lipinski definition) is 2. The number of benzene rings is 2. The van der Waals surface area contributed by atoms with Gasteiger partial charge in [-0.25, -0.2) is 0 Å². The van der Waals surface area contributed by atoms with Gasteiger partial charge in [0.05, 0.1) is 28.7 Å². The summed E-state index contributed by atoms with van der Waals surface area (Å²) in [5, 5.41) is 0. The second kappa shape index (κ2) is 38.9. The van der Waals surface area contributed by atoms with Crippen molar-refractivity contribution < 1.29 is 56.6 Å². The van der Waals surface area contributed by atoms with Crippen molar-refractivity contribution in [3.8, 4) is 0 Å². The zero-order valence-electron chi connectivity index (χ0n) is 67.0. The SMILES string of the molecule is CCC1C(C)C([Si](C)(C)C2C(C)C(CC)C3C(C)C(C)C(C)C(C)C32)C2C(C)C(C)C(C)C(C)C12.CCC1C(C)C([Si](C)(C)C2C(C)C(CC)C3C(C)C(C)C(C)C(C)C32)C2C(C)C(C)C(C)C(C)C12.O=[C-]c1ccccc1.O=[C-]c1ccccc1.[CH3-].[CH3-].[CH3-].[CH3-].[Cl][Zr+2][Cl].[Zr+4]. The van der Waals surface area contributed by atoms with E-state index in [1.165, 1.54) is 25.7 Å². The molecule has 2 nitrogen and oxygen atoms in total. The third-order valence-corrected chi connectivity index (χ3v) is 42.8. The summed E-state index contributed by atoms with van der Waals surface area (Å²) in [6.45, 7) is 75.1. The van der Waals surface area contributed by atoms with E-state index in [1.54, 1.807) is 61.1 Å². The van der Waals surface area contributed by atoms with Gasteiger partial charge < -0.3 is 39.3 Å². The number of carbonyl (C=O) groups excluding carboxylic acids is 2. The Hall–Kier alpha value is 0.560. The molecule has 0 radical (unpaired) electrons. The van der Waals surface area contributed by atoms with Gasteiger partial charge in [0, 0.05) is 0 Å². The fraction of sp³-hybridized carbons (Fsp3) is 0.791. The van der Waals surface area contributed by atoms with Crippen molar-refractivity contribution in [2.75, 3.05) is 0 Å². The molecule has 0 bridgehead atoms. The van der Waals surface area contributed by atoms with Crippen LogP contribution in [0.15, 0.2) is 60.7 Å². The summed E-state index contributed by atoms with van der Waals surface area (Å²) >= 11 is -0.826. The number of hydrogen-bond donors (Lipinski definition) is 0. The molecule has 36 atom stereocenters. The van der Waals surface area contributed by atoms with Crippen LogP contribution in [0.4, 0.5) is 0 Å². The topological polar surface area (TPSA) is 34.1 Å². The maximum Gasteiger partial charge on any atom is 4.00 e. The number of rotatable bonds is 10. The molecule has 8 aliphatic carbocycles. The fourth-order valence-corrected chi connectivity index (χ4v) is 40.4. The van der Waals surface area contributed by atoms with Gasteiger partial charge in [-0.15, -0.1) is 24.3 Å². The first kappa shape index (κ1) is 92.6. The summed E-state index contributed by atoms with van der Waals surface area (Å²) in [6, 6.07) is 17.8. The molecule has 2 aromatic rings. The smallest absolute Gasteiger partial charge is 4.00 e. The molecule has 8 saturated carbocycles. The van der Waals surface area contributed by atoms with Crippen LogP contribution in [0.3, 0.4) is 0 Å². The van der Waals surface area contributed by atoms with Crippen LogP contribution in [0.2, 0.25) is 48.4 Å². The van der Waals surface area contributed by atoms with E-state index in [2.05, 4.69) is 192 Å². The first-order valence-electron chi connectivity index (χ1n) is 37.6. The van der Waals surface area contributed by atoms with E-state index >= 15 is 0 Å². The van der Waals surface area contributed by atoms with Crippen LogP contribution in [0.1, 0.15) is 203 Å². The molecule has 0 saturated heterocycles. The number of fused-ring (bicyclic) bond motifs is 4. The van der Waals surface area contributed by atoms with Crippen molar-refractivity contribution in [2.24, 2.45) is 189 Å². The summed E-state index contributed by atoms with van der Waals surface area (Å²) < 4.78 is 0. The zero-order chi connectivity index (χ0) is 67.0. The molecule has 0 N–H and O–H groups in total. The molecular weight excluding hydrogens is 1370 g/mol. The second-order valence-electron chi connectivity index (χ2n) is 34.8. The van der Waals surface area contributed by atoms with Crippen LogP contribution in [-0.4, -0.2) is 28.7 Å². The molecule has 0 aliphatic heterocycles. The van der Waals surface area contributed by atoms with Crippen LogP contribution in [0.25, 0.3) is 0 Å². The Kier molecular flexibility index (Phi) is 38.3. The van der Waals surface area contributed by atoms with Gasteiger partial charge in [-0.3, -0.25) is 0 Å². The van der Waals surface area contributed by atoms with E-state index in [0.29, 0.717) is 11.1 Å². The summed E-state index contributed by atoms with van der Waals surface area (Å²) in [7, 11) is 6.78. The van der Waals surface area contributed by atoms with Gasteiger partial charge in [0.15, 0.2) is 0 Å². The predicted molar refractivity (Wildman–Crippen MR) is 416 cm³/mol. The fourth-order valence-electron chi connectivity index (χ4n) is 27.0. The Morgan fingerprint density at radius 1 is 0.298 bits per heavy atom. The Morgan fingerprint density at radius 2 is 0.447 bits per heavy atom. The third kappa shape index (κ3) is 17.2. The largest absolute Gasteiger partial charge is 4.00 e. The van der Waals surface area contributed by atoms with Crippen LogP contribution >= 0.6 is 17.0 Å². The standard InChI is InChI=1S/2C34H64Si.2C7H5O.4CH3.2ClH.2Zr/c2*1-15-27-25(11)33(31-23(9)19(5)17(3)21(7)29(27)31)35(13,14)34-26(12)28(16-2)30-22(8)18(4)20(6)24(10)32(30)34;2*8-6-7-4-2-1-3-5-7;;;;;;;;/h2*17-34H,15-16H2,1-14H3;2*1-5H;4*1H3;2*1H;;/q;;6*-1;;;2*+4/p-2. The Labute approximate surface area is 627 Å². The molecule has 8 fully saturated rings. The molecule has 94 heavy (non-hydrogen) atoms. The van der Waals surface area contributed by atoms with Crippen molar-refractivity contribution in [1.82, 2.24) is 0 Å². The zero-order valence-corrected chi connectivity index (χ0v) is 75.4. The maximum absolute atomic E-state index is 9.88. The van der Waals surface area contributed by atoms with E-state index in [0.717, 1.165) is 212 Å². The van der Waals surface area contributed by atoms with Gasteiger partial charge in [0.25, 0.3) is 0 Å². The molecule has 0 heterocycles. The van der Waals surface area contributed by atoms with Crippen molar-refractivity contribution in [3.05, 3.63) is 101 Å². The van der Waals surface area contributed by atoms with Crippen molar-refractivity contribution in [1.29, 1.82) is 0 Å². The van der Waals surface area contributed by atoms with Crippen molar-refractivity contribution >= 4 is 45.7 Å². The average molecular weight is 1530 g/mol. The molecule has 8 aliphatic rings. The van der Waals surface area contributed by atoms with E-state index in [1.807, 2.05) is 12.1 Å². The normalized spacial score (nSPS) is 45.3. The van der Waals surface area contributed by atoms with Gasteiger partial charge >= 0.3 is 64.1 Å². The summed E-state index contributed by atoms with van der Waals surface area (Å²) in [4.78, 5) is 19.8. The average Bonchev–Trinajstić information content (AvgIpc) is 1.54. The van der Waals surface area contributed by atoms with E-state index in [4.69, 9.17) is 17.0 Å². The van der Waals surface area contributed by atoms with Crippen LogP contribution < -0.4 is 0 Å². The van der Waals surface area contributed by atoms with E-state index < -0.39 is 37.0 Å². The van der Waals surface area contributed by atoms with Gasteiger partial charge in [-0.1, -0.05) is 230 Å². The first-order chi connectivity index (χ1) is 41.8. The summed E-state index contributed by atoms with van der Waals surface area (Å²) in [5.41, 5.74) is 5.29. The van der Waals surface area contributed by atoms with E-state index in [9.17, 15) is 9.59 Å². The summed E-state index contributed by atoms with van der Waals surface area (Å²) in [5.74, 6) is 29.7. The first-order valence-corrected chi connectivity index (χ1v) is 50.2. The van der Waals surface area contributed by atoms with Crippen molar-refractivity contribution in [3.63, 3.8) is 0 Å². The monoisotopic (exact) mass is 1520 g/mol. The van der Waals surface area contributed by atoms with Gasteiger partial charge in [0.1, 0.15) is 0 Å². The predicted octanol–water partition coefficient (Wildman–Crippen LogP) is 26.2. The minimum atomic E-state index is -1.54. The molecule has 536 valence electrons. The quantitative estimate of drug-likeness (QED) is 0.175. The molecule has 2 aromatic carbocycles. The maximum atomic E-state index is 9.88. The van der Waals surface area contributed by atoms with Gasteiger partial charge in [-0.05, 0) is 212 Å². The van der Waals surface area contributed by atoms with Gasteiger partial charge in [-0.2, -0.15) is 35.4 Å². The molecule has 10 rings (SSSR count). The molecule has 0 amide bonds. The Balaban J connectivity index is 0.000000703. The number of halogens is 2. The minimum absolute atomic E-state index is 0. The second-order valence-corrected chi connectivity index (χ2v) is 48.5. The van der Waals surface area contributed by atoms with Crippen LogP contribution in [-0.2, 0) is 56.6 Å². The molecule has 8 heteroatoms. The van der Waals surface area contributed by atoms with Crippen LogP contribution in [0, 0.1) is 219 Å². The van der Waals surface area contributed by atoms with Gasteiger partial charge in [0.2, 0.25) is 0 Å². The van der Waals surface area contributed by atoms with E-state index in [-0.39, 0.29) is 55.9 Å².